The van der Waals surface area contributed by atoms with Crippen molar-refractivity contribution in [1.29, 1.82) is 0 Å². The van der Waals surface area contributed by atoms with Gasteiger partial charge >= 0.3 is 7.60 Å². The van der Waals surface area contributed by atoms with Crippen LogP contribution in [0.5, 0.6) is 5.75 Å². The number of benzene rings is 2. The van der Waals surface area contributed by atoms with Crippen molar-refractivity contribution in [1.82, 2.24) is 15.0 Å². The van der Waals surface area contributed by atoms with E-state index in [0.717, 1.165) is 46.3 Å². The number of aryl methyl sites for hydroxylation is 2. The first-order chi connectivity index (χ1) is 17.9. The molecule has 2 aromatic carbocycles. The standard InChI is InChI=1S/C27H31ClN3O5P/c1-4-34-37(32,35-5-2)18-20-8-14-23(15-9-20)33-16-6-7-25-26(21-10-12-22(28)13-11-21)31-27(36-25)24-17-29-19(3)30-24/h8-15,17H,4-7,16,18H2,1-3H3,(H,29,30). The second-order valence-electron chi connectivity index (χ2n) is 8.38. The molecule has 4 aromatic rings. The monoisotopic (exact) mass is 543 g/mol. The molecule has 0 spiro atoms. The van der Waals surface area contributed by atoms with Gasteiger partial charge in [-0.05, 0) is 57.0 Å². The Hall–Kier alpha value is -2.90. The molecule has 0 aliphatic rings. The molecule has 0 aliphatic carbocycles. The van der Waals surface area contributed by atoms with E-state index in [9.17, 15) is 4.57 Å². The van der Waals surface area contributed by atoms with Crippen molar-refractivity contribution in [3.63, 3.8) is 0 Å². The number of H-pyrrole nitrogens is 1. The van der Waals surface area contributed by atoms with Crippen molar-refractivity contribution in [2.45, 2.75) is 39.8 Å². The lowest BCUT2D eigenvalue weighted by molar-refractivity contribution is 0.219. The van der Waals surface area contributed by atoms with Gasteiger partial charge in [0.05, 0.1) is 32.2 Å². The Balaban J connectivity index is 1.38. The van der Waals surface area contributed by atoms with Crippen LogP contribution in [0.3, 0.4) is 0 Å². The minimum Gasteiger partial charge on any atom is -0.494 e. The maximum absolute atomic E-state index is 12.8. The third-order valence-corrected chi connectivity index (χ3v) is 7.82. The number of halogens is 1. The number of ether oxygens (including phenoxy) is 1. The highest BCUT2D eigenvalue weighted by atomic mass is 35.5. The van der Waals surface area contributed by atoms with Crippen LogP contribution in [0.15, 0.2) is 59.1 Å². The molecule has 0 bridgehead atoms. The molecule has 0 unspecified atom stereocenters. The van der Waals surface area contributed by atoms with Gasteiger partial charge in [-0.15, -0.1) is 0 Å². The zero-order chi connectivity index (χ0) is 26.3. The molecule has 2 aromatic heterocycles. The van der Waals surface area contributed by atoms with Crippen LogP contribution in [0.4, 0.5) is 0 Å². The SMILES string of the molecule is CCOP(=O)(Cc1ccc(OCCCc2oc(-c3cnc(C)[nH]3)nc2-c2ccc(Cl)cc2)cc1)OCC. The van der Waals surface area contributed by atoms with Gasteiger partial charge in [0.2, 0.25) is 5.89 Å². The van der Waals surface area contributed by atoms with Gasteiger partial charge in [-0.3, -0.25) is 4.57 Å². The lowest BCUT2D eigenvalue weighted by Crippen LogP contribution is -2.01. The Kier molecular flexibility index (Phi) is 9.22. The molecule has 0 saturated carbocycles. The summed E-state index contributed by atoms with van der Waals surface area (Å²) < 4.78 is 35.6. The summed E-state index contributed by atoms with van der Waals surface area (Å²) in [6.07, 6.45) is 3.31. The van der Waals surface area contributed by atoms with Crippen molar-refractivity contribution < 1.29 is 22.8 Å². The minimum atomic E-state index is -3.14. The molecule has 0 amide bonds. The molecule has 0 fully saturated rings. The predicted octanol–water partition coefficient (Wildman–Crippen LogP) is 7.47. The van der Waals surface area contributed by atoms with Crippen LogP contribution in [0, 0.1) is 6.92 Å². The molecular formula is C27H31ClN3O5P. The van der Waals surface area contributed by atoms with Crippen LogP contribution in [0.2, 0.25) is 5.02 Å². The number of rotatable bonds is 13. The van der Waals surface area contributed by atoms with Crippen LogP contribution < -0.4 is 4.74 Å². The summed E-state index contributed by atoms with van der Waals surface area (Å²) >= 11 is 6.07. The Morgan fingerprint density at radius 2 is 1.73 bits per heavy atom. The van der Waals surface area contributed by atoms with Crippen molar-refractivity contribution in [2.24, 2.45) is 0 Å². The highest BCUT2D eigenvalue weighted by molar-refractivity contribution is 7.53. The summed E-state index contributed by atoms with van der Waals surface area (Å²) in [4.78, 5) is 12.1. The highest BCUT2D eigenvalue weighted by Crippen LogP contribution is 2.51. The van der Waals surface area contributed by atoms with E-state index < -0.39 is 7.60 Å². The molecule has 37 heavy (non-hydrogen) atoms. The quantitative estimate of drug-likeness (QED) is 0.138. The van der Waals surface area contributed by atoms with Gasteiger partial charge in [0.25, 0.3) is 0 Å². The van der Waals surface area contributed by atoms with E-state index in [1.165, 1.54) is 0 Å². The molecule has 196 valence electrons. The number of aromatic amines is 1. The molecule has 0 atom stereocenters. The molecule has 10 heteroatoms. The first-order valence-corrected chi connectivity index (χ1v) is 14.4. The maximum atomic E-state index is 12.8. The van der Waals surface area contributed by atoms with Crippen molar-refractivity contribution >= 4 is 19.2 Å². The molecular weight excluding hydrogens is 513 g/mol. The van der Waals surface area contributed by atoms with E-state index >= 15 is 0 Å². The van der Waals surface area contributed by atoms with Gasteiger partial charge in [-0.2, -0.15) is 0 Å². The Morgan fingerprint density at radius 1 is 1.03 bits per heavy atom. The number of imidazole rings is 1. The smallest absolute Gasteiger partial charge is 0.335 e. The van der Waals surface area contributed by atoms with E-state index in [1.54, 1.807) is 20.0 Å². The number of oxazole rings is 1. The minimum absolute atomic E-state index is 0.228. The zero-order valence-electron chi connectivity index (χ0n) is 21.2. The van der Waals surface area contributed by atoms with E-state index in [1.807, 2.05) is 55.5 Å². The Morgan fingerprint density at radius 3 is 2.35 bits per heavy atom. The number of nitrogens with one attached hydrogen (secondary N) is 1. The van der Waals surface area contributed by atoms with Crippen LogP contribution in [-0.4, -0.2) is 34.8 Å². The van der Waals surface area contributed by atoms with Crippen LogP contribution >= 0.6 is 19.2 Å². The predicted molar refractivity (Wildman–Crippen MR) is 144 cm³/mol. The summed E-state index contributed by atoms with van der Waals surface area (Å²) in [6, 6.07) is 15.0. The third kappa shape index (κ3) is 7.33. The van der Waals surface area contributed by atoms with E-state index in [2.05, 4.69) is 9.97 Å². The molecule has 0 saturated heterocycles. The summed E-state index contributed by atoms with van der Waals surface area (Å²) in [5, 5.41) is 0.663. The average Bonchev–Trinajstić information content (AvgIpc) is 3.50. The summed E-state index contributed by atoms with van der Waals surface area (Å²) in [6.45, 7) is 6.67. The lowest BCUT2D eigenvalue weighted by Gasteiger charge is -2.17. The fraction of sp³-hybridized carbons (Fsp3) is 0.333. The maximum Gasteiger partial charge on any atom is 0.335 e. The van der Waals surface area contributed by atoms with Gasteiger partial charge in [0.15, 0.2) is 0 Å². The number of nitrogens with zero attached hydrogens (tertiary/aromatic N) is 2. The largest absolute Gasteiger partial charge is 0.494 e. The summed E-state index contributed by atoms with van der Waals surface area (Å²) in [5.74, 6) is 2.79. The van der Waals surface area contributed by atoms with Gasteiger partial charge in [0, 0.05) is 17.0 Å². The van der Waals surface area contributed by atoms with Crippen LogP contribution in [0.25, 0.3) is 22.8 Å². The Labute approximate surface area is 221 Å². The molecule has 1 N–H and O–H groups in total. The topological polar surface area (TPSA) is 99.5 Å². The molecule has 8 nitrogen and oxygen atoms in total. The van der Waals surface area contributed by atoms with Gasteiger partial charge < -0.3 is 23.2 Å². The fourth-order valence-electron chi connectivity index (χ4n) is 3.86. The summed E-state index contributed by atoms with van der Waals surface area (Å²) in [7, 11) is -3.14. The first-order valence-electron chi connectivity index (χ1n) is 12.3. The molecule has 0 aliphatic heterocycles. The number of aromatic nitrogens is 3. The normalized spacial score (nSPS) is 11.7. The lowest BCUT2D eigenvalue weighted by atomic mass is 10.1. The number of hydrogen-bond donors (Lipinski definition) is 1. The van der Waals surface area contributed by atoms with Crippen molar-refractivity contribution in [3.05, 3.63) is 76.9 Å². The first kappa shape index (κ1) is 27.1. The second-order valence-corrected chi connectivity index (χ2v) is 10.9. The fourth-order valence-corrected chi connectivity index (χ4v) is 5.69. The van der Waals surface area contributed by atoms with Crippen molar-refractivity contribution in [2.75, 3.05) is 19.8 Å². The second kappa shape index (κ2) is 12.6. The Bertz CT molecular complexity index is 1330. The van der Waals surface area contributed by atoms with Gasteiger partial charge in [-0.25, -0.2) is 9.97 Å². The van der Waals surface area contributed by atoms with E-state index in [-0.39, 0.29) is 6.16 Å². The van der Waals surface area contributed by atoms with Gasteiger partial charge in [0.1, 0.15) is 28.7 Å². The molecule has 4 rings (SSSR count). The average molecular weight is 544 g/mol. The third-order valence-electron chi connectivity index (χ3n) is 5.52. The zero-order valence-corrected chi connectivity index (χ0v) is 22.8. The van der Waals surface area contributed by atoms with Crippen LogP contribution in [-0.2, 0) is 26.2 Å². The van der Waals surface area contributed by atoms with Crippen molar-refractivity contribution in [3.8, 4) is 28.6 Å². The molecule has 2 heterocycles. The number of hydrogen-bond acceptors (Lipinski definition) is 7. The highest BCUT2D eigenvalue weighted by Gasteiger charge is 2.24. The van der Waals surface area contributed by atoms with Crippen LogP contribution in [0.1, 0.15) is 37.4 Å². The van der Waals surface area contributed by atoms with E-state index in [4.69, 9.17) is 34.8 Å². The molecule has 0 radical (unpaired) electrons. The van der Waals surface area contributed by atoms with E-state index in [0.29, 0.717) is 37.2 Å². The summed E-state index contributed by atoms with van der Waals surface area (Å²) in [5.41, 5.74) is 3.30. The van der Waals surface area contributed by atoms with Gasteiger partial charge in [-0.1, -0.05) is 35.9 Å².